The molecule has 0 spiro atoms. The second-order valence-corrected chi connectivity index (χ2v) is 6.37. The highest BCUT2D eigenvalue weighted by Crippen LogP contribution is 2.20. The van der Waals surface area contributed by atoms with Crippen molar-refractivity contribution in [2.24, 2.45) is 0 Å². The van der Waals surface area contributed by atoms with Gasteiger partial charge in [0.1, 0.15) is 11.5 Å². The molecule has 1 heterocycles. The number of benzene rings is 1. The van der Waals surface area contributed by atoms with Crippen LogP contribution in [0.25, 0.3) is 5.69 Å². The highest BCUT2D eigenvalue weighted by atomic mass is 19.1. The van der Waals surface area contributed by atoms with Crippen molar-refractivity contribution < 1.29 is 19.1 Å². The standard InChI is InChI=1S/C19H22FN3O4/c1-4-19(5-2,11-16(25)26)21-18(27)17-15(24)10-12(3)23(22-17)14-9-7-6-8-13(14)20/h6-10H,4-5,11H2,1-3H3,(H,21,27)(H,25,26). The number of aryl methyl sites for hydroxylation is 1. The van der Waals surface area contributed by atoms with Crippen LogP contribution in [0.3, 0.4) is 0 Å². The number of carbonyl (C=O) groups excluding carboxylic acids is 1. The number of para-hydroxylation sites is 1. The van der Waals surface area contributed by atoms with Crippen LogP contribution in [-0.2, 0) is 4.79 Å². The zero-order valence-electron chi connectivity index (χ0n) is 15.5. The number of rotatable bonds is 7. The molecular weight excluding hydrogens is 353 g/mol. The number of carbonyl (C=O) groups is 2. The minimum Gasteiger partial charge on any atom is -0.481 e. The maximum Gasteiger partial charge on any atom is 0.305 e. The van der Waals surface area contributed by atoms with Gasteiger partial charge < -0.3 is 10.4 Å². The summed E-state index contributed by atoms with van der Waals surface area (Å²) in [5.41, 5.74) is -1.56. The zero-order chi connectivity index (χ0) is 20.2. The van der Waals surface area contributed by atoms with Crippen LogP contribution in [0.15, 0.2) is 35.1 Å². The van der Waals surface area contributed by atoms with E-state index < -0.39 is 34.4 Å². The van der Waals surface area contributed by atoms with E-state index in [9.17, 15) is 18.8 Å². The Hall–Kier alpha value is -3.03. The van der Waals surface area contributed by atoms with E-state index in [-0.39, 0.29) is 12.1 Å². The number of aromatic nitrogens is 2. The third-order valence-electron chi connectivity index (χ3n) is 4.63. The predicted octanol–water partition coefficient (Wildman–Crippen LogP) is 2.44. The van der Waals surface area contributed by atoms with Crippen molar-refractivity contribution >= 4 is 11.9 Å². The second-order valence-electron chi connectivity index (χ2n) is 6.37. The van der Waals surface area contributed by atoms with Crippen LogP contribution in [0.5, 0.6) is 0 Å². The Morgan fingerprint density at radius 3 is 2.44 bits per heavy atom. The largest absolute Gasteiger partial charge is 0.481 e. The molecule has 144 valence electrons. The third kappa shape index (κ3) is 4.39. The molecule has 1 aromatic carbocycles. The number of amides is 1. The van der Waals surface area contributed by atoms with Gasteiger partial charge in [0, 0.05) is 11.8 Å². The fourth-order valence-electron chi connectivity index (χ4n) is 2.88. The molecule has 0 aliphatic heterocycles. The summed E-state index contributed by atoms with van der Waals surface area (Å²) in [5.74, 6) is -2.39. The molecule has 2 aromatic rings. The first-order chi connectivity index (χ1) is 12.7. The summed E-state index contributed by atoms with van der Waals surface area (Å²) in [6.07, 6.45) is 0.461. The molecule has 1 amide bonds. The van der Waals surface area contributed by atoms with E-state index in [4.69, 9.17) is 5.11 Å². The molecule has 0 fully saturated rings. The average Bonchev–Trinajstić information content (AvgIpc) is 2.61. The van der Waals surface area contributed by atoms with Gasteiger partial charge in [0.25, 0.3) is 5.91 Å². The van der Waals surface area contributed by atoms with Gasteiger partial charge in [-0.05, 0) is 31.9 Å². The molecule has 0 aliphatic carbocycles. The van der Waals surface area contributed by atoms with Crippen LogP contribution >= 0.6 is 0 Å². The van der Waals surface area contributed by atoms with Crippen LogP contribution < -0.4 is 10.7 Å². The highest BCUT2D eigenvalue weighted by molar-refractivity contribution is 5.93. The number of halogens is 1. The summed E-state index contributed by atoms with van der Waals surface area (Å²) >= 11 is 0. The van der Waals surface area contributed by atoms with Crippen molar-refractivity contribution in [2.45, 2.75) is 45.6 Å². The molecule has 0 atom stereocenters. The van der Waals surface area contributed by atoms with Crippen LogP contribution in [-0.4, -0.2) is 32.3 Å². The number of carboxylic acids is 1. The summed E-state index contributed by atoms with van der Waals surface area (Å²) < 4.78 is 15.3. The zero-order valence-corrected chi connectivity index (χ0v) is 15.5. The molecule has 2 N–H and O–H groups in total. The lowest BCUT2D eigenvalue weighted by atomic mass is 9.89. The van der Waals surface area contributed by atoms with Gasteiger partial charge in [-0.2, -0.15) is 5.10 Å². The Morgan fingerprint density at radius 1 is 1.26 bits per heavy atom. The van der Waals surface area contributed by atoms with Crippen molar-refractivity contribution in [3.8, 4) is 5.69 Å². The van der Waals surface area contributed by atoms with E-state index in [0.29, 0.717) is 18.5 Å². The molecule has 1 aromatic heterocycles. The fraction of sp³-hybridized carbons (Fsp3) is 0.368. The fourth-order valence-corrected chi connectivity index (χ4v) is 2.88. The van der Waals surface area contributed by atoms with Crippen molar-refractivity contribution in [1.29, 1.82) is 0 Å². The maximum atomic E-state index is 14.1. The second kappa shape index (κ2) is 8.11. The molecule has 0 saturated carbocycles. The van der Waals surface area contributed by atoms with Gasteiger partial charge in [0.2, 0.25) is 5.43 Å². The summed E-state index contributed by atoms with van der Waals surface area (Å²) in [5, 5.41) is 15.8. The summed E-state index contributed by atoms with van der Waals surface area (Å²) in [6, 6.07) is 7.07. The van der Waals surface area contributed by atoms with Gasteiger partial charge in [0.05, 0.1) is 12.0 Å². The first-order valence-electron chi connectivity index (χ1n) is 8.63. The van der Waals surface area contributed by atoms with E-state index in [0.717, 1.165) is 0 Å². The topological polar surface area (TPSA) is 101 Å². The Balaban J connectivity index is 2.48. The number of hydrogen-bond acceptors (Lipinski definition) is 4. The number of hydrogen-bond donors (Lipinski definition) is 2. The SMILES string of the molecule is CCC(CC)(CC(=O)O)NC(=O)c1nn(-c2ccccc2F)c(C)cc1=O. The van der Waals surface area contributed by atoms with Crippen LogP contribution in [0, 0.1) is 12.7 Å². The van der Waals surface area contributed by atoms with E-state index in [1.807, 2.05) is 0 Å². The van der Waals surface area contributed by atoms with Gasteiger partial charge in [-0.3, -0.25) is 14.4 Å². The van der Waals surface area contributed by atoms with E-state index in [1.54, 1.807) is 26.8 Å². The number of carboxylic acid groups (broad SMARTS) is 1. The van der Waals surface area contributed by atoms with Crippen LogP contribution in [0.1, 0.15) is 49.3 Å². The molecule has 0 bridgehead atoms. The van der Waals surface area contributed by atoms with Gasteiger partial charge in [-0.15, -0.1) is 0 Å². The first-order valence-corrected chi connectivity index (χ1v) is 8.63. The summed E-state index contributed by atoms with van der Waals surface area (Å²) in [4.78, 5) is 36.1. The van der Waals surface area contributed by atoms with Crippen molar-refractivity contribution in [3.05, 3.63) is 57.8 Å². The average molecular weight is 375 g/mol. The monoisotopic (exact) mass is 375 g/mol. The molecule has 0 aliphatic rings. The number of nitrogens with one attached hydrogen (secondary N) is 1. The predicted molar refractivity (Wildman–Crippen MR) is 97.6 cm³/mol. The van der Waals surface area contributed by atoms with Crippen molar-refractivity contribution in [2.75, 3.05) is 0 Å². The Bertz CT molecular complexity index is 919. The van der Waals surface area contributed by atoms with Crippen LogP contribution in [0.2, 0.25) is 0 Å². The van der Waals surface area contributed by atoms with E-state index >= 15 is 0 Å². The van der Waals surface area contributed by atoms with Gasteiger partial charge in [-0.1, -0.05) is 26.0 Å². The van der Waals surface area contributed by atoms with E-state index in [2.05, 4.69) is 10.4 Å². The van der Waals surface area contributed by atoms with Gasteiger partial charge in [-0.25, -0.2) is 9.07 Å². The van der Waals surface area contributed by atoms with Crippen molar-refractivity contribution in [1.82, 2.24) is 15.1 Å². The lowest BCUT2D eigenvalue weighted by molar-refractivity contribution is -0.138. The molecule has 0 unspecified atom stereocenters. The first kappa shape index (κ1) is 20.3. The molecule has 2 rings (SSSR count). The van der Waals surface area contributed by atoms with Crippen LogP contribution in [0.4, 0.5) is 4.39 Å². The minimum atomic E-state index is -1.06. The number of nitrogens with zero attached hydrogens (tertiary/aromatic N) is 2. The maximum absolute atomic E-state index is 14.1. The van der Waals surface area contributed by atoms with Gasteiger partial charge in [0.15, 0.2) is 5.69 Å². The molecule has 27 heavy (non-hydrogen) atoms. The Morgan fingerprint density at radius 2 is 1.89 bits per heavy atom. The molecule has 7 nitrogen and oxygen atoms in total. The molecule has 0 radical (unpaired) electrons. The third-order valence-corrected chi connectivity index (χ3v) is 4.63. The Labute approximate surface area is 155 Å². The van der Waals surface area contributed by atoms with Crippen molar-refractivity contribution in [3.63, 3.8) is 0 Å². The minimum absolute atomic E-state index is 0.104. The summed E-state index contributed by atoms with van der Waals surface area (Å²) in [6.45, 7) is 5.09. The van der Waals surface area contributed by atoms with E-state index in [1.165, 1.54) is 28.9 Å². The molecular formula is C19H22FN3O4. The lowest BCUT2D eigenvalue weighted by Crippen LogP contribution is -2.50. The molecule has 0 saturated heterocycles. The Kier molecular flexibility index (Phi) is 6.09. The smallest absolute Gasteiger partial charge is 0.305 e. The number of aliphatic carboxylic acids is 1. The summed E-state index contributed by atoms with van der Waals surface area (Å²) in [7, 11) is 0. The quantitative estimate of drug-likeness (QED) is 0.774. The van der Waals surface area contributed by atoms with Gasteiger partial charge >= 0.3 is 5.97 Å². The molecule has 8 heteroatoms. The normalized spacial score (nSPS) is 11.3. The highest BCUT2D eigenvalue weighted by Gasteiger charge is 2.32. The lowest BCUT2D eigenvalue weighted by Gasteiger charge is -2.31.